The van der Waals surface area contributed by atoms with Crippen molar-refractivity contribution in [2.75, 3.05) is 0 Å². The van der Waals surface area contributed by atoms with Crippen molar-refractivity contribution in [1.82, 2.24) is 15.0 Å². The molecule has 92 valence electrons. The Hall–Kier alpha value is -0.900. The summed E-state index contributed by atoms with van der Waals surface area (Å²) in [6.45, 7) is 0. The normalized spacial score (nSPS) is 13.7. The molecule has 3 rings (SSSR count). The summed E-state index contributed by atoms with van der Waals surface area (Å²) in [6, 6.07) is 1.62. The summed E-state index contributed by atoms with van der Waals surface area (Å²) in [5.41, 5.74) is 2.56. The second kappa shape index (κ2) is 4.65. The van der Waals surface area contributed by atoms with Gasteiger partial charge in [-0.3, -0.25) is 0 Å². The lowest BCUT2D eigenvalue weighted by atomic mass is 10.2. The molecule has 6 heteroatoms. The van der Waals surface area contributed by atoms with Crippen LogP contribution < -0.4 is 0 Å². The van der Waals surface area contributed by atoms with Crippen molar-refractivity contribution in [3.63, 3.8) is 0 Å². The number of hydrogen-bond acceptors (Lipinski definition) is 3. The number of pyridine rings is 1. The average Bonchev–Trinajstić information content (AvgIpc) is 2.77. The minimum Gasteiger partial charge on any atom is -0.250 e. The summed E-state index contributed by atoms with van der Waals surface area (Å²) in [5, 5.41) is 1.41. The second-order valence-corrected chi connectivity index (χ2v) is 5.30. The smallest absolute Gasteiger partial charge is 0.181 e. The molecule has 0 unspecified atom stereocenters. The number of aromatic nitrogens is 3. The lowest BCUT2D eigenvalue weighted by molar-refractivity contribution is 0.899. The standard InChI is InChI=1S/C12H8Cl3N3/c13-6-4-8(14)10(16-5-6)12-17-9-3-1-2-7(9)11(15)18-12/h4-5H,1-3H2. The molecule has 0 aromatic carbocycles. The molecular formula is C12H8Cl3N3. The maximum Gasteiger partial charge on any atom is 0.181 e. The highest BCUT2D eigenvalue weighted by atomic mass is 35.5. The van der Waals surface area contributed by atoms with Crippen LogP contribution in [0.5, 0.6) is 0 Å². The van der Waals surface area contributed by atoms with Gasteiger partial charge in [0.25, 0.3) is 0 Å². The van der Waals surface area contributed by atoms with Crippen molar-refractivity contribution in [3.8, 4) is 11.5 Å². The number of fused-ring (bicyclic) bond motifs is 1. The Bertz CT molecular complexity index is 628. The van der Waals surface area contributed by atoms with Gasteiger partial charge in [-0.15, -0.1) is 0 Å². The number of hydrogen-bond donors (Lipinski definition) is 0. The minimum atomic E-state index is 0.427. The van der Waals surface area contributed by atoms with Crippen LogP contribution in [0.25, 0.3) is 11.5 Å². The molecule has 18 heavy (non-hydrogen) atoms. The fourth-order valence-corrected chi connectivity index (χ4v) is 2.82. The lowest BCUT2D eigenvalue weighted by Crippen LogP contribution is -1.99. The van der Waals surface area contributed by atoms with Crippen LogP contribution in [0.3, 0.4) is 0 Å². The highest BCUT2D eigenvalue weighted by molar-refractivity contribution is 6.36. The Morgan fingerprint density at radius 2 is 1.89 bits per heavy atom. The van der Waals surface area contributed by atoms with E-state index in [1.54, 1.807) is 6.07 Å². The van der Waals surface area contributed by atoms with Crippen molar-refractivity contribution >= 4 is 34.8 Å². The lowest BCUT2D eigenvalue weighted by Gasteiger charge is -2.06. The van der Waals surface area contributed by atoms with Crippen molar-refractivity contribution < 1.29 is 0 Å². The molecule has 0 radical (unpaired) electrons. The van der Waals surface area contributed by atoms with Crippen LogP contribution in [-0.2, 0) is 12.8 Å². The fraction of sp³-hybridized carbons (Fsp3) is 0.250. The van der Waals surface area contributed by atoms with Crippen LogP contribution in [0.2, 0.25) is 15.2 Å². The third-order valence-corrected chi connectivity index (χ3v) is 3.71. The van der Waals surface area contributed by atoms with Crippen molar-refractivity contribution in [2.45, 2.75) is 19.3 Å². The summed E-state index contributed by atoms with van der Waals surface area (Å²) in [4.78, 5) is 12.9. The molecule has 0 bridgehead atoms. The monoisotopic (exact) mass is 299 g/mol. The first kappa shape index (κ1) is 12.2. The molecule has 0 fully saturated rings. The summed E-state index contributed by atoms with van der Waals surface area (Å²) in [6.07, 6.45) is 4.45. The molecule has 0 saturated heterocycles. The summed E-state index contributed by atoms with van der Waals surface area (Å²) in [5.74, 6) is 0.460. The van der Waals surface area contributed by atoms with E-state index in [2.05, 4.69) is 15.0 Å². The first-order chi connectivity index (χ1) is 8.65. The second-order valence-electron chi connectivity index (χ2n) is 4.10. The number of rotatable bonds is 1. The highest BCUT2D eigenvalue weighted by Gasteiger charge is 2.20. The molecular weight excluding hydrogens is 293 g/mol. The maximum atomic E-state index is 6.16. The van der Waals surface area contributed by atoms with Crippen molar-refractivity contribution in [3.05, 3.63) is 38.7 Å². The zero-order valence-corrected chi connectivity index (χ0v) is 11.5. The third kappa shape index (κ3) is 2.07. The topological polar surface area (TPSA) is 38.7 Å². The Balaban J connectivity index is 2.15. The predicted octanol–water partition coefficient (Wildman–Crippen LogP) is 3.99. The number of nitrogens with zero attached hydrogens (tertiary/aromatic N) is 3. The van der Waals surface area contributed by atoms with E-state index in [0.717, 1.165) is 30.5 Å². The quantitative estimate of drug-likeness (QED) is 0.748. The molecule has 0 aliphatic heterocycles. The van der Waals surface area contributed by atoms with Crippen LogP contribution in [-0.4, -0.2) is 15.0 Å². The van der Waals surface area contributed by atoms with Gasteiger partial charge in [-0.25, -0.2) is 15.0 Å². The molecule has 2 heterocycles. The predicted molar refractivity (Wildman–Crippen MR) is 72.3 cm³/mol. The third-order valence-electron chi connectivity index (χ3n) is 2.90. The number of halogens is 3. The zero-order valence-electron chi connectivity index (χ0n) is 9.25. The van der Waals surface area contributed by atoms with Gasteiger partial charge >= 0.3 is 0 Å². The molecule has 0 atom stereocenters. The molecule has 0 saturated carbocycles. The first-order valence-corrected chi connectivity index (χ1v) is 6.65. The van der Waals surface area contributed by atoms with E-state index in [-0.39, 0.29) is 0 Å². The molecule has 3 nitrogen and oxygen atoms in total. The molecule has 0 spiro atoms. The molecule has 0 amide bonds. The van der Waals surface area contributed by atoms with Gasteiger partial charge in [0.15, 0.2) is 5.82 Å². The Morgan fingerprint density at radius 3 is 2.67 bits per heavy atom. The van der Waals surface area contributed by atoms with Gasteiger partial charge in [0.05, 0.1) is 10.0 Å². The van der Waals surface area contributed by atoms with Gasteiger partial charge in [-0.1, -0.05) is 34.8 Å². The van der Waals surface area contributed by atoms with E-state index in [4.69, 9.17) is 34.8 Å². The Kier molecular flexibility index (Phi) is 3.14. The van der Waals surface area contributed by atoms with Crippen LogP contribution in [0.1, 0.15) is 17.7 Å². The molecule has 1 aliphatic carbocycles. The van der Waals surface area contributed by atoms with E-state index < -0.39 is 0 Å². The summed E-state index contributed by atoms with van der Waals surface area (Å²) < 4.78 is 0. The SMILES string of the molecule is Clc1cnc(-c2nc(Cl)c3c(n2)CCC3)c(Cl)c1. The first-order valence-electron chi connectivity index (χ1n) is 5.52. The molecule has 1 aliphatic rings. The van der Waals surface area contributed by atoms with Crippen LogP contribution in [0, 0.1) is 0 Å². The van der Waals surface area contributed by atoms with E-state index in [9.17, 15) is 0 Å². The van der Waals surface area contributed by atoms with Crippen LogP contribution in [0.4, 0.5) is 0 Å². The van der Waals surface area contributed by atoms with E-state index in [0.29, 0.717) is 26.7 Å². The van der Waals surface area contributed by atoms with E-state index in [1.807, 2.05) is 0 Å². The van der Waals surface area contributed by atoms with Crippen LogP contribution in [0.15, 0.2) is 12.3 Å². The molecule has 2 aromatic rings. The van der Waals surface area contributed by atoms with Crippen molar-refractivity contribution in [1.29, 1.82) is 0 Å². The number of aryl methyl sites for hydroxylation is 1. The Morgan fingerprint density at radius 1 is 1.06 bits per heavy atom. The van der Waals surface area contributed by atoms with Gasteiger partial charge in [-0.05, 0) is 25.3 Å². The van der Waals surface area contributed by atoms with E-state index >= 15 is 0 Å². The van der Waals surface area contributed by atoms with Crippen LogP contribution >= 0.6 is 34.8 Å². The maximum absolute atomic E-state index is 6.16. The highest BCUT2D eigenvalue weighted by Crippen LogP contribution is 2.31. The Labute approximate surface area is 119 Å². The fourth-order valence-electron chi connectivity index (χ4n) is 2.07. The van der Waals surface area contributed by atoms with Crippen molar-refractivity contribution in [2.24, 2.45) is 0 Å². The average molecular weight is 301 g/mol. The van der Waals surface area contributed by atoms with Gasteiger partial charge < -0.3 is 0 Å². The minimum absolute atomic E-state index is 0.427. The van der Waals surface area contributed by atoms with Gasteiger partial charge in [0.2, 0.25) is 0 Å². The van der Waals surface area contributed by atoms with Gasteiger partial charge in [-0.2, -0.15) is 0 Å². The van der Waals surface area contributed by atoms with Gasteiger partial charge in [0.1, 0.15) is 10.8 Å². The van der Waals surface area contributed by atoms with E-state index in [1.165, 1.54) is 6.20 Å². The van der Waals surface area contributed by atoms with Gasteiger partial charge in [0, 0.05) is 17.5 Å². The summed E-state index contributed by atoms with van der Waals surface area (Å²) in [7, 11) is 0. The molecule has 2 aromatic heterocycles. The molecule has 0 N–H and O–H groups in total. The zero-order chi connectivity index (χ0) is 12.7. The summed E-state index contributed by atoms with van der Waals surface area (Å²) >= 11 is 18.1. The largest absolute Gasteiger partial charge is 0.250 e.